The molecule has 0 radical (unpaired) electrons. The summed E-state index contributed by atoms with van der Waals surface area (Å²) in [6, 6.07) is -0.998. The molecule has 1 atom stereocenters. The smallest absolute Gasteiger partial charge is 0.321 e. The third kappa shape index (κ3) is 5.18. The fourth-order valence-electron chi connectivity index (χ4n) is 0.963. The van der Waals surface area contributed by atoms with E-state index in [1.165, 1.54) is 11.8 Å². The Morgan fingerprint density at radius 2 is 2.00 bits per heavy atom. The highest BCUT2D eigenvalue weighted by Crippen LogP contribution is 2.27. The van der Waals surface area contributed by atoms with Crippen LogP contribution in [0.25, 0.3) is 0 Å². The minimum Gasteiger partial charge on any atom is -0.480 e. The minimum atomic E-state index is -3.00. The summed E-state index contributed by atoms with van der Waals surface area (Å²) in [4.78, 5) is 10.7. The monoisotopic (exact) mass is 269 g/mol. The van der Waals surface area contributed by atoms with Gasteiger partial charge in [0.15, 0.2) is 9.84 Å². The van der Waals surface area contributed by atoms with Crippen LogP contribution in [0.5, 0.6) is 0 Å². The summed E-state index contributed by atoms with van der Waals surface area (Å²) in [6.45, 7) is 5.00. The molecule has 0 fully saturated rings. The van der Waals surface area contributed by atoms with Gasteiger partial charge in [0.2, 0.25) is 0 Å². The summed E-state index contributed by atoms with van der Waals surface area (Å²) < 4.78 is 21.8. The summed E-state index contributed by atoms with van der Waals surface area (Å²) >= 11 is 1.27. The lowest BCUT2D eigenvalue weighted by molar-refractivity contribution is -0.139. The number of thioether (sulfide) groups is 1. The van der Waals surface area contributed by atoms with Crippen molar-refractivity contribution in [3.05, 3.63) is 0 Å². The molecule has 0 aliphatic heterocycles. The second-order valence-corrected chi connectivity index (χ2v) is 8.23. The first-order chi connectivity index (χ1) is 7.12. The van der Waals surface area contributed by atoms with Crippen LogP contribution < -0.4 is 5.73 Å². The van der Waals surface area contributed by atoms with Crippen molar-refractivity contribution in [2.75, 3.05) is 17.3 Å². The molecule has 7 heteroatoms. The van der Waals surface area contributed by atoms with E-state index in [-0.39, 0.29) is 11.5 Å². The van der Waals surface area contributed by atoms with Crippen LogP contribution in [0.2, 0.25) is 0 Å². The second kappa shape index (κ2) is 5.88. The van der Waals surface area contributed by atoms with E-state index in [4.69, 9.17) is 10.8 Å². The van der Waals surface area contributed by atoms with Gasteiger partial charge in [-0.25, -0.2) is 8.42 Å². The van der Waals surface area contributed by atoms with Crippen molar-refractivity contribution in [2.45, 2.75) is 31.6 Å². The Morgan fingerprint density at radius 3 is 2.38 bits per heavy atom. The molecule has 3 N–H and O–H groups in total. The lowest BCUT2D eigenvalue weighted by atomic mass is 10.1. The van der Waals surface area contributed by atoms with E-state index in [0.717, 1.165) is 0 Å². The largest absolute Gasteiger partial charge is 0.480 e. The molecule has 0 aromatic carbocycles. The zero-order valence-electron chi connectivity index (χ0n) is 9.76. The number of carbonyl (C=O) groups is 1. The SMILES string of the molecule is CCS(=O)(=O)CCSC(C)(C)[C@H](N)C(=O)O. The van der Waals surface area contributed by atoms with E-state index in [1.807, 2.05) is 0 Å². The summed E-state index contributed by atoms with van der Waals surface area (Å²) in [6.07, 6.45) is 0. The van der Waals surface area contributed by atoms with E-state index in [9.17, 15) is 13.2 Å². The van der Waals surface area contributed by atoms with Crippen LogP contribution in [0.15, 0.2) is 0 Å². The number of hydrogen-bond donors (Lipinski definition) is 2. The van der Waals surface area contributed by atoms with E-state index in [0.29, 0.717) is 5.75 Å². The van der Waals surface area contributed by atoms with Gasteiger partial charge in [-0.1, -0.05) is 6.92 Å². The van der Waals surface area contributed by atoms with Crippen LogP contribution in [0, 0.1) is 0 Å². The Bertz CT molecular complexity index is 337. The zero-order chi connectivity index (χ0) is 13.0. The lowest BCUT2D eigenvalue weighted by Gasteiger charge is -2.27. The standard InChI is InChI=1S/C9H19NO4S2/c1-4-16(13,14)6-5-15-9(2,3)7(10)8(11)12/h7H,4-6,10H2,1-3H3,(H,11,12)/t7-/m1/s1. The number of aliphatic carboxylic acids is 1. The zero-order valence-corrected chi connectivity index (χ0v) is 11.4. The Labute approximate surface area is 101 Å². The molecule has 0 unspecified atom stereocenters. The van der Waals surface area contributed by atoms with Crippen LogP contribution in [-0.2, 0) is 14.6 Å². The fraction of sp³-hybridized carbons (Fsp3) is 0.889. The molecule has 0 rings (SSSR count). The van der Waals surface area contributed by atoms with Gasteiger partial charge in [-0.3, -0.25) is 4.79 Å². The number of sulfone groups is 1. The summed E-state index contributed by atoms with van der Waals surface area (Å²) in [7, 11) is -3.00. The van der Waals surface area contributed by atoms with E-state index >= 15 is 0 Å². The van der Waals surface area contributed by atoms with Gasteiger partial charge >= 0.3 is 5.97 Å². The van der Waals surface area contributed by atoms with Crippen molar-refractivity contribution < 1.29 is 18.3 Å². The van der Waals surface area contributed by atoms with Crippen molar-refractivity contribution in [1.82, 2.24) is 0 Å². The van der Waals surface area contributed by atoms with E-state index in [1.54, 1.807) is 20.8 Å². The second-order valence-electron chi connectivity index (χ2n) is 4.00. The number of carboxylic acid groups (broad SMARTS) is 1. The predicted molar refractivity (Wildman–Crippen MR) is 66.5 cm³/mol. The molecule has 5 nitrogen and oxygen atoms in total. The summed E-state index contributed by atoms with van der Waals surface area (Å²) in [5.74, 6) is -0.539. The van der Waals surface area contributed by atoms with Gasteiger partial charge < -0.3 is 10.8 Å². The topological polar surface area (TPSA) is 97.5 Å². The molecular weight excluding hydrogens is 250 g/mol. The molecule has 16 heavy (non-hydrogen) atoms. The molecule has 96 valence electrons. The Morgan fingerprint density at radius 1 is 1.50 bits per heavy atom. The molecule has 0 saturated heterocycles. The number of hydrogen-bond acceptors (Lipinski definition) is 5. The molecular formula is C9H19NO4S2. The first kappa shape index (κ1) is 15.7. The molecule has 0 amide bonds. The van der Waals surface area contributed by atoms with Gasteiger partial charge in [0.25, 0.3) is 0 Å². The molecule has 0 saturated carbocycles. The van der Waals surface area contributed by atoms with Gasteiger partial charge in [-0.05, 0) is 13.8 Å². The van der Waals surface area contributed by atoms with Gasteiger partial charge in [0.05, 0.1) is 5.75 Å². The van der Waals surface area contributed by atoms with Crippen molar-refractivity contribution >= 4 is 27.6 Å². The highest BCUT2D eigenvalue weighted by Gasteiger charge is 2.32. The molecule has 0 aromatic heterocycles. The summed E-state index contributed by atoms with van der Waals surface area (Å²) in [5, 5.41) is 8.77. The first-order valence-electron chi connectivity index (χ1n) is 4.95. The van der Waals surface area contributed by atoms with Crippen molar-refractivity contribution in [2.24, 2.45) is 5.73 Å². The Balaban J connectivity index is 4.25. The molecule has 0 spiro atoms. The van der Waals surface area contributed by atoms with Gasteiger partial charge in [0, 0.05) is 16.3 Å². The third-order valence-electron chi connectivity index (χ3n) is 2.32. The van der Waals surface area contributed by atoms with Crippen LogP contribution in [0.1, 0.15) is 20.8 Å². The maximum Gasteiger partial charge on any atom is 0.321 e. The Kier molecular flexibility index (Phi) is 5.78. The molecule has 0 aliphatic carbocycles. The van der Waals surface area contributed by atoms with Crippen LogP contribution in [-0.4, -0.2) is 47.5 Å². The summed E-state index contributed by atoms with van der Waals surface area (Å²) in [5.41, 5.74) is 5.51. The first-order valence-corrected chi connectivity index (χ1v) is 7.76. The number of rotatable bonds is 7. The molecule has 0 aromatic rings. The maximum absolute atomic E-state index is 11.2. The average molecular weight is 269 g/mol. The van der Waals surface area contributed by atoms with Crippen molar-refractivity contribution in [1.29, 1.82) is 0 Å². The lowest BCUT2D eigenvalue weighted by Crippen LogP contribution is -2.47. The van der Waals surface area contributed by atoms with Crippen LogP contribution in [0.4, 0.5) is 0 Å². The fourth-order valence-corrected chi connectivity index (χ4v) is 3.41. The molecule has 0 aliphatic rings. The maximum atomic E-state index is 11.2. The van der Waals surface area contributed by atoms with Gasteiger partial charge in [0.1, 0.15) is 6.04 Å². The van der Waals surface area contributed by atoms with E-state index < -0.39 is 26.6 Å². The van der Waals surface area contributed by atoms with Crippen LogP contribution in [0.3, 0.4) is 0 Å². The van der Waals surface area contributed by atoms with E-state index in [2.05, 4.69) is 0 Å². The quantitative estimate of drug-likeness (QED) is 0.692. The van der Waals surface area contributed by atoms with Gasteiger partial charge in [-0.15, -0.1) is 0 Å². The predicted octanol–water partition coefficient (Wildman–Crippen LogP) is 0.345. The van der Waals surface area contributed by atoms with Crippen molar-refractivity contribution in [3.63, 3.8) is 0 Å². The normalized spacial score (nSPS) is 14.8. The minimum absolute atomic E-state index is 0.0595. The average Bonchev–Trinajstić information content (AvgIpc) is 2.15. The Hall–Kier alpha value is -0.270. The highest BCUT2D eigenvalue weighted by atomic mass is 32.2. The third-order valence-corrected chi connectivity index (χ3v) is 5.69. The van der Waals surface area contributed by atoms with Crippen molar-refractivity contribution in [3.8, 4) is 0 Å². The highest BCUT2D eigenvalue weighted by molar-refractivity contribution is 8.01. The number of carboxylic acids is 1. The molecule has 0 bridgehead atoms. The van der Waals surface area contributed by atoms with Crippen LogP contribution >= 0.6 is 11.8 Å². The van der Waals surface area contributed by atoms with Gasteiger partial charge in [-0.2, -0.15) is 11.8 Å². The molecule has 0 heterocycles. The number of nitrogens with two attached hydrogens (primary N) is 1.